The monoisotopic (exact) mass is 153 g/mol. The van der Waals surface area contributed by atoms with Crippen LogP contribution in [0.3, 0.4) is 0 Å². The first kappa shape index (κ1) is 7.85. The van der Waals surface area contributed by atoms with Gasteiger partial charge in [-0.05, 0) is 19.9 Å². The number of aryl methyl sites for hydroxylation is 2. The minimum absolute atomic E-state index is 0.0793. The van der Waals surface area contributed by atoms with Crippen LogP contribution in [0.25, 0.3) is 0 Å². The molecule has 0 unspecified atom stereocenters. The molecule has 3 nitrogen and oxygen atoms in total. The van der Waals surface area contributed by atoms with Gasteiger partial charge in [-0.3, -0.25) is 5.41 Å². The average Bonchev–Trinajstić information content (AvgIpc) is 2.28. The van der Waals surface area contributed by atoms with Gasteiger partial charge in [0.2, 0.25) is 5.90 Å². The van der Waals surface area contributed by atoms with Crippen molar-refractivity contribution in [1.29, 1.82) is 5.41 Å². The van der Waals surface area contributed by atoms with Crippen molar-refractivity contribution < 1.29 is 9.15 Å². The predicted octanol–water partition coefficient (Wildman–Crippen LogP) is 1.87. The summed E-state index contributed by atoms with van der Waals surface area (Å²) in [5, 5.41) is 7.32. The molecular weight excluding hydrogens is 142 g/mol. The van der Waals surface area contributed by atoms with Crippen LogP contribution in [0.2, 0.25) is 0 Å². The third-order valence-electron chi connectivity index (χ3n) is 1.45. The number of hydrogen-bond acceptors (Lipinski definition) is 3. The number of hydrogen-bond donors (Lipinski definition) is 1. The van der Waals surface area contributed by atoms with E-state index in [1.54, 1.807) is 0 Å². The Bertz CT molecular complexity index is 276. The van der Waals surface area contributed by atoms with Crippen LogP contribution in [0.1, 0.15) is 17.1 Å². The molecule has 1 N–H and O–H groups in total. The molecule has 0 saturated carbocycles. The highest BCUT2D eigenvalue weighted by molar-refractivity contribution is 5.90. The molecule has 0 aromatic carbocycles. The lowest BCUT2D eigenvalue weighted by Gasteiger charge is -1.97. The number of nitrogens with one attached hydrogen (secondary N) is 1. The van der Waals surface area contributed by atoms with Crippen LogP contribution in [-0.4, -0.2) is 13.0 Å². The lowest BCUT2D eigenvalue weighted by molar-refractivity contribution is 0.381. The average molecular weight is 153 g/mol. The number of furan rings is 1. The molecular formula is C8H11NO2. The first-order valence-electron chi connectivity index (χ1n) is 3.35. The van der Waals surface area contributed by atoms with Crippen molar-refractivity contribution in [2.45, 2.75) is 13.8 Å². The van der Waals surface area contributed by atoms with Gasteiger partial charge in [0.1, 0.15) is 5.76 Å². The molecule has 0 aliphatic carbocycles. The molecule has 1 aromatic rings. The van der Waals surface area contributed by atoms with E-state index in [0.717, 1.165) is 11.3 Å². The van der Waals surface area contributed by atoms with Crippen molar-refractivity contribution in [2.75, 3.05) is 7.11 Å². The Morgan fingerprint density at radius 2 is 2.18 bits per heavy atom. The molecule has 0 spiro atoms. The van der Waals surface area contributed by atoms with Crippen molar-refractivity contribution in [3.05, 3.63) is 23.2 Å². The predicted molar refractivity (Wildman–Crippen MR) is 42.0 cm³/mol. The van der Waals surface area contributed by atoms with E-state index in [1.807, 2.05) is 19.9 Å². The van der Waals surface area contributed by atoms with Crippen LogP contribution < -0.4 is 0 Å². The summed E-state index contributed by atoms with van der Waals surface area (Å²) in [4.78, 5) is 0. The minimum Gasteiger partial charge on any atom is -0.479 e. The summed E-state index contributed by atoms with van der Waals surface area (Å²) in [6, 6.07) is 1.88. The van der Waals surface area contributed by atoms with Crippen LogP contribution in [0.4, 0.5) is 0 Å². The number of ether oxygens (including phenoxy) is 1. The minimum atomic E-state index is 0.0793. The Morgan fingerprint density at radius 3 is 2.55 bits per heavy atom. The Kier molecular flexibility index (Phi) is 1.98. The molecule has 0 saturated heterocycles. The third kappa shape index (κ3) is 1.42. The highest BCUT2D eigenvalue weighted by Crippen LogP contribution is 2.13. The largest absolute Gasteiger partial charge is 0.479 e. The van der Waals surface area contributed by atoms with E-state index >= 15 is 0 Å². The summed E-state index contributed by atoms with van der Waals surface area (Å²) in [6.45, 7) is 3.73. The van der Waals surface area contributed by atoms with E-state index in [2.05, 4.69) is 0 Å². The van der Waals surface area contributed by atoms with Gasteiger partial charge in [-0.2, -0.15) is 0 Å². The van der Waals surface area contributed by atoms with Crippen LogP contribution in [0.5, 0.6) is 0 Å². The van der Waals surface area contributed by atoms with Crippen LogP contribution in [-0.2, 0) is 4.74 Å². The number of methoxy groups -OCH3 is 1. The van der Waals surface area contributed by atoms with Gasteiger partial charge in [-0.25, -0.2) is 0 Å². The second kappa shape index (κ2) is 2.78. The van der Waals surface area contributed by atoms with E-state index in [-0.39, 0.29) is 5.90 Å². The highest BCUT2D eigenvalue weighted by atomic mass is 16.5. The highest BCUT2D eigenvalue weighted by Gasteiger charge is 2.09. The van der Waals surface area contributed by atoms with E-state index in [9.17, 15) is 0 Å². The Labute approximate surface area is 65.5 Å². The van der Waals surface area contributed by atoms with Crippen molar-refractivity contribution in [2.24, 2.45) is 0 Å². The Hall–Kier alpha value is -1.25. The Balaban J connectivity index is 3.03. The molecule has 0 bridgehead atoms. The maximum atomic E-state index is 7.32. The van der Waals surface area contributed by atoms with Crippen molar-refractivity contribution in [3.8, 4) is 0 Å². The van der Waals surface area contributed by atoms with Crippen LogP contribution in [0, 0.1) is 19.3 Å². The summed E-state index contributed by atoms with van der Waals surface area (Å²) in [5.41, 5.74) is 0.939. The second-order valence-electron chi connectivity index (χ2n) is 2.40. The standard InChI is InChI=1S/C8H11NO2/c1-5-4-6(2)11-7(5)8(9)10-3/h4,9H,1-3H3. The smallest absolute Gasteiger partial charge is 0.250 e. The van der Waals surface area contributed by atoms with Gasteiger partial charge >= 0.3 is 0 Å². The summed E-state index contributed by atoms with van der Waals surface area (Å²) < 4.78 is 9.94. The van der Waals surface area contributed by atoms with Crippen LogP contribution >= 0.6 is 0 Å². The molecule has 11 heavy (non-hydrogen) atoms. The summed E-state index contributed by atoms with van der Waals surface area (Å²) >= 11 is 0. The molecule has 0 aliphatic rings. The van der Waals surface area contributed by atoms with Gasteiger partial charge < -0.3 is 9.15 Å². The molecule has 0 aliphatic heterocycles. The second-order valence-corrected chi connectivity index (χ2v) is 2.40. The third-order valence-corrected chi connectivity index (χ3v) is 1.45. The molecule has 0 atom stereocenters. The molecule has 3 heteroatoms. The van der Waals surface area contributed by atoms with Crippen molar-refractivity contribution in [1.82, 2.24) is 0 Å². The maximum Gasteiger partial charge on any atom is 0.250 e. The van der Waals surface area contributed by atoms with E-state index in [1.165, 1.54) is 7.11 Å². The van der Waals surface area contributed by atoms with Gasteiger partial charge in [0.15, 0.2) is 5.76 Å². The lowest BCUT2D eigenvalue weighted by atomic mass is 10.3. The summed E-state index contributed by atoms with van der Waals surface area (Å²) in [6.07, 6.45) is 0. The number of rotatable bonds is 1. The topological polar surface area (TPSA) is 46.2 Å². The summed E-state index contributed by atoms with van der Waals surface area (Å²) in [7, 11) is 1.46. The van der Waals surface area contributed by atoms with Crippen LogP contribution in [0.15, 0.2) is 10.5 Å². The Morgan fingerprint density at radius 1 is 1.55 bits per heavy atom. The van der Waals surface area contributed by atoms with Gasteiger partial charge in [0.05, 0.1) is 7.11 Å². The normalized spacial score (nSPS) is 9.73. The molecule has 1 aromatic heterocycles. The first-order valence-corrected chi connectivity index (χ1v) is 3.35. The van der Waals surface area contributed by atoms with E-state index in [4.69, 9.17) is 14.6 Å². The molecule has 0 fully saturated rings. The first-order chi connectivity index (χ1) is 5.15. The fourth-order valence-corrected chi connectivity index (χ4v) is 0.960. The fraction of sp³-hybridized carbons (Fsp3) is 0.375. The van der Waals surface area contributed by atoms with Gasteiger partial charge in [-0.15, -0.1) is 0 Å². The SMILES string of the molecule is COC(=N)c1oc(C)cc1C. The molecule has 1 rings (SSSR count). The zero-order valence-electron chi connectivity index (χ0n) is 6.89. The molecule has 1 heterocycles. The van der Waals surface area contributed by atoms with E-state index < -0.39 is 0 Å². The molecule has 60 valence electrons. The van der Waals surface area contributed by atoms with Gasteiger partial charge in [-0.1, -0.05) is 0 Å². The maximum absolute atomic E-state index is 7.32. The van der Waals surface area contributed by atoms with Gasteiger partial charge in [0.25, 0.3) is 0 Å². The van der Waals surface area contributed by atoms with Crippen molar-refractivity contribution in [3.63, 3.8) is 0 Å². The lowest BCUT2D eigenvalue weighted by Crippen LogP contribution is -2.00. The quantitative estimate of drug-likeness (QED) is 0.494. The van der Waals surface area contributed by atoms with E-state index in [0.29, 0.717) is 5.76 Å². The zero-order valence-corrected chi connectivity index (χ0v) is 6.89. The molecule has 0 amide bonds. The molecule has 0 radical (unpaired) electrons. The zero-order chi connectivity index (χ0) is 8.43. The van der Waals surface area contributed by atoms with Gasteiger partial charge in [0, 0.05) is 5.56 Å². The van der Waals surface area contributed by atoms with Crippen molar-refractivity contribution >= 4 is 5.90 Å². The fourth-order valence-electron chi connectivity index (χ4n) is 0.960. The summed E-state index contributed by atoms with van der Waals surface area (Å²) in [5.74, 6) is 1.40.